The van der Waals surface area contributed by atoms with Gasteiger partial charge in [-0.05, 0) is 35.7 Å². The third kappa shape index (κ3) is 4.94. The molecule has 3 aromatic rings. The number of nitrogens with zero attached hydrogens (tertiary/aromatic N) is 1. The number of aromatic nitrogens is 1. The Morgan fingerprint density at radius 2 is 1.89 bits per heavy atom. The van der Waals surface area contributed by atoms with Gasteiger partial charge in [0.15, 0.2) is 0 Å². The lowest BCUT2D eigenvalue weighted by Crippen LogP contribution is -2.23. The fourth-order valence-corrected chi connectivity index (χ4v) is 5.14. The number of carbonyl (C=O) groups is 1. The molecule has 0 aliphatic heterocycles. The van der Waals surface area contributed by atoms with Crippen LogP contribution in [-0.2, 0) is 16.6 Å². The molecule has 0 unspecified atom stereocenters. The summed E-state index contributed by atoms with van der Waals surface area (Å²) in [7, 11) is -3.59. The number of amides is 1. The van der Waals surface area contributed by atoms with Gasteiger partial charge in [-0.25, -0.2) is 13.4 Å². The Morgan fingerprint density at radius 1 is 1.15 bits per heavy atom. The van der Waals surface area contributed by atoms with Crippen molar-refractivity contribution in [1.29, 1.82) is 0 Å². The van der Waals surface area contributed by atoms with Crippen molar-refractivity contribution in [2.24, 2.45) is 0 Å². The molecule has 0 fully saturated rings. The molecule has 1 aromatic carbocycles. The van der Waals surface area contributed by atoms with Crippen LogP contribution >= 0.6 is 22.7 Å². The third-order valence-corrected chi connectivity index (χ3v) is 7.63. The molecule has 0 atom stereocenters. The zero-order valence-corrected chi connectivity index (χ0v) is 17.2. The highest BCUT2D eigenvalue weighted by molar-refractivity contribution is 7.94. The zero-order chi connectivity index (χ0) is 19.4. The van der Waals surface area contributed by atoms with E-state index in [1.54, 1.807) is 47.0 Å². The first-order valence-electron chi connectivity index (χ1n) is 8.24. The number of carbonyl (C=O) groups excluding carboxylic acids is 1. The average molecular weight is 422 g/mol. The van der Waals surface area contributed by atoms with E-state index in [4.69, 9.17) is 0 Å². The van der Waals surface area contributed by atoms with Gasteiger partial charge in [-0.1, -0.05) is 19.9 Å². The van der Waals surface area contributed by atoms with E-state index < -0.39 is 10.0 Å². The summed E-state index contributed by atoms with van der Waals surface area (Å²) in [5, 5.41) is 7.51. The van der Waals surface area contributed by atoms with Crippen molar-refractivity contribution in [2.45, 2.75) is 30.5 Å². The maximum absolute atomic E-state index is 12.3. The highest BCUT2D eigenvalue weighted by atomic mass is 32.2. The normalized spacial score (nSPS) is 11.5. The number of benzene rings is 1. The number of rotatable bonds is 7. The minimum absolute atomic E-state index is 0.234. The Balaban J connectivity index is 1.60. The molecule has 2 aromatic heterocycles. The van der Waals surface area contributed by atoms with Crippen LogP contribution in [0.15, 0.2) is 51.4 Å². The highest BCUT2D eigenvalue weighted by Crippen LogP contribution is 2.21. The molecule has 0 saturated carbocycles. The van der Waals surface area contributed by atoms with Crippen LogP contribution in [-0.4, -0.2) is 19.3 Å². The fraction of sp³-hybridized carbons (Fsp3) is 0.222. The van der Waals surface area contributed by atoms with E-state index >= 15 is 0 Å². The van der Waals surface area contributed by atoms with Gasteiger partial charge in [0.05, 0.1) is 17.2 Å². The molecule has 0 bridgehead atoms. The summed E-state index contributed by atoms with van der Waals surface area (Å²) in [6.07, 6.45) is 0. The van der Waals surface area contributed by atoms with Gasteiger partial charge < -0.3 is 5.32 Å². The van der Waals surface area contributed by atoms with E-state index in [9.17, 15) is 13.2 Å². The predicted octanol–water partition coefficient (Wildman–Crippen LogP) is 4.06. The standard InChI is InChI=1S/C18H19N3O3S3/c1-12(2)18-20-15(11-26-18)10-19-17(22)13-5-7-14(8-6-13)21-27(23,24)16-4-3-9-25-16/h3-9,11-12,21H,10H2,1-2H3,(H,19,22). The van der Waals surface area contributed by atoms with Crippen LogP contribution in [0.3, 0.4) is 0 Å². The fourth-order valence-electron chi connectivity index (χ4n) is 2.25. The van der Waals surface area contributed by atoms with Crippen LogP contribution in [0, 0.1) is 0 Å². The number of nitrogens with one attached hydrogen (secondary N) is 2. The Labute approximate surface area is 166 Å². The largest absolute Gasteiger partial charge is 0.346 e. The topological polar surface area (TPSA) is 88.2 Å². The SMILES string of the molecule is CC(C)c1nc(CNC(=O)c2ccc(NS(=O)(=O)c3cccs3)cc2)cs1. The van der Waals surface area contributed by atoms with E-state index in [1.807, 2.05) is 5.38 Å². The quantitative estimate of drug-likeness (QED) is 0.602. The van der Waals surface area contributed by atoms with E-state index in [-0.39, 0.29) is 10.1 Å². The number of anilines is 1. The number of thiophene rings is 1. The molecule has 3 rings (SSSR count). The first-order chi connectivity index (χ1) is 12.8. The van der Waals surface area contributed by atoms with Crippen molar-refractivity contribution >= 4 is 44.3 Å². The minimum atomic E-state index is -3.59. The van der Waals surface area contributed by atoms with Crippen LogP contribution in [0.1, 0.15) is 40.8 Å². The Morgan fingerprint density at radius 3 is 2.48 bits per heavy atom. The molecule has 0 aliphatic carbocycles. The van der Waals surface area contributed by atoms with Crippen molar-refractivity contribution in [3.05, 3.63) is 63.4 Å². The molecule has 0 radical (unpaired) electrons. The third-order valence-electron chi connectivity index (χ3n) is 3.65. The summed E-state index contributed by atoms with van der Waals surface area (Å²) in [5.41, 5.74) is 1.69. The van der Waals surface area contributed by atoms with Gasteiger partial charge in [0.25, 0.3) is 15.9 Å². The van der Waals surface area contributed by atoms with Crippen LogP contribution in [0.4, 0.5) is 5.69 Å². The monoisotopic (exact) mass is 421 g/mol. The number of sulfonamides is 1. The molecule has 142 valence electrons. The lowest BCUT2D eigenvalue weighted by Gasteiger charge is -2.08. The van der Waals surface area contributed by atoms with Crippen molar-refractivity contribution in [1.82, 2.24) is 10.3 Å². The maximum atomic E-state index is 12.3. The van der Waals surface area contributed by atoms with E-state index in [1.165, 1.54) is 6.07 Å². The lowest BCUT2D eigenvalue weighted by atomic mass is 10.2. The molecule has 0 saturated heterocycles. The van der Waals surface area contributed by atoms with Gasteiger partial charge in [0.2, 0.25) is 0 Å². The molecule has 27 heavy (non-hydrogen) atoms. The number of thiazole rings is 1. The molecular formula is C18H19N3O3S3. The molecule has 9 heteroatoms. The lowest BCUT2D eigenvalue weighted by molar-refractivity contribution is 0.0950. The molecular weight excluding hydrogens is 402 g/mol. The van der Waals surface area contributed by atoms with Gasteiger partial charge in [0.1, 0.15) is 4.21 Å². The molecule has 1 amide bonds. The second-order valence-electron chi connectivity index (χ2n) is 6.13. The highest BCUT2D eigenvalue weighted by Gasteiger charge is 2.15. The molecule has 6 nitrogen and oxygen atoms in total. The second-order valence-corrected chi connectivity index (χ2v) is 9.88. The van der Waals surface area contributed by atoms with E-state index in [2.05, 4.69) is 28.9 Å². The van der Waals surface area contributed by atoms with Crippen LogP contribution in [0.5, 0.6) is 0 Å². The number of hydrogen-bond acceptors (Lipinski definition) is 6. The molecule has 2 N–H and O–H groups in total. The van der Waals surface area contributed by atoms with Gasteiger partial charge in [0, 0.05) is 22.5 Å². The summed E-state index contributed by atoms with van der Waals surface area (Å²) >= 11 is 2.73. The van der Waals surface area contributed by atoms with Crippen LogP contribution in [0.2, 0.25) is 0 Å². The first-order valence-corrected chi connectivity index (χ1v) is 11.5. The zero-order valence-electron chi connectivity index (χ0n) is 14.8. The first kappa shape index (κ1) is 19.5. The smallest absolute Gasteiger partial charge is 0.271 e. The van der Waals surface area contributed by atoms with E-state index in [0.717, 1.165) is 22.0 Å². The summed E-state index contributed by atoms with van der Waals surface area (Å²) in [6, 6.07) is 9.53. The Hall–Kier alpha value is -2.23. The Bertz CT molecular complexity index is 1010. The summed E-state index contributed by atoms with van der Waals surface area (Å²) in [6.45, 7) is 4.51. The summed E-state index contributed by atoms with van der Waals surface area (Å²) in [4.78, 5) is 16.8. The Kier molecular flexibility index (Phi) is 5.93. The van der Waals surface area contributed by atoms with Crippen molar-refractivity contribution < 1.29 is 13.2 Å². The van der Waals surface area contributed by atoms with Crippen molar-refractivity contribution in [2.75, 3.05) is 4.72 Å². The number of hydrogen-bond donors (Lipinski definition) is 2. The predicted molar refractivity (Wildman–Crippen MR) is 109 cm³/mol. The summed E-state index contributed by atoms with van der Waals surface area (Å²) < 4.78 is 27.2. The molecule has 2 heterocycles. The summed E-state index contributed by atoms with van der Waals surface area (Å²) in [5.74, 6) is 0.131. The maximum Gasteiger partial charge on any atom is 0.271 e. The van der Waals surface area contributed by atoms with Crippen LogP contribution in [0.25, 0.3) is 0 Å². The minimum Gasteiger partial charge on any atom is -0.346 e. The van der Waals surface area contributed by atoms with Gasteiger partial charge >= 0.3 is 0 Å². The van der Waals surface area contributed by atoms with Gasteiger partial charge in [-0.2, -0.15) is 0 Å². The van der Waals surface area contributed by atoms with Crippen molar-refractivity contribution in [3.63, 3.8) is 0 Å². The van der Waals surface area contributed by atoms with Gasteiger partial charge in [-0.15, -0.1) is 22.7 Å². The molecule has 0 spiro atoms. The molecule has 0 aliphatic rings. The second kappa shape index (κ2) is 8.20. The van der Waals surface area contributed by atoms with Gasteiger partial charge in [-0.3, -0.25) is 9.52 Å². The van der Waals surface area contributed by atoms with Crippen LogP contribution < -0.4 is 10.0 Å². The van der Waals surface area contributed by atoms with Crippen molar-refractivity contribution in [3.8, 4) is 0 Å². The van der Waals surface area contributed by atoms with E-state index in [0.29, 0.717) is 23.7 Å². The average Bonchev–Trinajstić information content (AvgIpc) is 3.32.